The Kier molecular flexibility index (Phi) is 3.53. The van der Waals surface area contributed by atoms with Crippen molar-refractivity contribution in [2.45, 2.75) is 12.7 Å². The van der Waals surface area contributed by atoms with Gasteiger partial charge in [0.2, 0.25) is 0 Å². The molecule has 2 nitrogen and oxygen atoms in total. The molecule has 1 atom stereocenters. The Morgan fingerprint density at radius 1 is 1.58 bits per heavy atom. The summed E-state index contributed by atoms with van der Waals surface area (Å²) in [4.78, 5) is 0. The number of hydrogen-bond donors (Lipinski definition) is 1. The van der Waals surface area contributed by atoms with E-state index in [1.165, 1.54) is 7.11 Å². The van der Waals surface area contributed by atoms with Gasteiger partial charge in [-0.2, -0.15) is 0 Å². The van der Waals surface area contributed by atoms with Crippen LogP contribution in [0.2, 0.25) is 5.02 Å². The molecule has 0 heterocycles. The lowest BCUT2D eigenvalue weighted by Crippen LogP contribution is -2.12. The van der Waals surface area contributed by atoms with Gasteiger partial charge in [0.1, 0.15) is 0 Å². The molecule has 0 aliphatic heterocycles. The van der Waals surface area contributed by atoms with Crippen LogP contribution in [-0.4, -0.2) is 18.5 Å². The lowest BCUT2D eigenvalue weighted by atomic mass is 10.1. The van der Waals surface area contributed by atoms with Crippen LogP contribution in [0.15, 0.2) is 24.3 Å². The molecule has 0 saturated carbocycles. The van der Waals surface area contributed by atoms with Crippen molar-refractivity contribution in [3.05, 3.63) is 34.9 Å². The molecular weight excluding hydrogens is 176 g/mol. The van der Waals surface area contributed by atoms with Crippen LogP contribution in [0.5, 0.6) is 0 Å². The van der Waals surface area contributed by atoms with Crippen molar-refractivity contribution in [3.8, 4) is 0 Å². The van der Waals surface area contributed by atoms with E-state index in [0.717, 1.165) is 5.56 Å². The molecule has 0 aromatic heterocycles. The highest BCUT2D eigenvalue weighted by Crippen LogP contribution is 2.12. The summed E-state index contributed by atoms with van der Waals surface area (Å²) in [6, 6.07) is 7.35. The predicted molar refractivity (Wildman–Crippen MR) is 48.2 cm³/mol. The van der Waals surface area contributed by atoms with Crippen molar-refractivity contribution in [1.82, 2.24) is 0 Å². The molecule has 0 fully saturated rings. The Hall–Kier alpha value is -0.570. The zero-order valence-corrected chi connectivity index (χ0v) is 7.58. The number of methoxy groups -OCH3 is 1. The minimum Gasteiger partial charge on any atom is -0.368 e. The summed E-state index contributed by atoms with van der Waals surface area (Å²) in [6.07, 6.45) is -0.277. The molecule has 0 spiro atoms. The SMILES string of the molecule is COC(O)Cc1cccc(Cl)c1. The fourth-order valence-corrected chi connectivity index (χ4v) is 1.16. The fraction of sp³-hybridized carbons (Fsp3) is 0.333. The second-order valence-corrected chi connectivity index (χ2v) is 2.96. The topological polar surface area (TPSA) is 29.5 Å². The van der Waals surface area contributed by atoms with Crippen LogP contribution >= 0.6 is 11.6 Å². The summed E-state index contributed by atoms with van der Waals surface area (Å²) in [5, 5.41) is 9.81. The van der Waals surface area contributed by atoms with E-state index in [1.807, 2.05) is 18.2 Å². The maximum Gasteiger partial charge on any atom is 0.158 e. The van der Waals surface area contributed by atoms with Crippen LogP contribution in [0, 0.1) is 0 Å². The molecule has 1 aromatic carbocycles. The molecule has 0 aliphatic carbocycles. The number of aliphatic hydroxyl groups is 1. The molecule has 1 aromatic rings. The largest absolute Gasteiger partial charge is 0.368 e. The van der Waals surface area contributed by atoms with E-state index < -0.39 is 6.29 Å². The van der Waals surface area contributed by atoms with Crippen LogP contribution in [0.4, 0.5) is 0 Å². The van der Waals surface area contributed by atoms with Gasteiger partial charge in [-0.15, -0.1) is 0 Å². The average Bonchev–Trinajstić information content (AvgIpc) is 2.04. The van der Waals surface area contributed by atoms with Gasteiger partial charge in [-0.05, 0) is 17.7 Å². The first-order valence-corrected chi connectivity index (χ1v) is 4.05. The standard InChI is InChI=1S/C9H11ClO2/c1-12-9(11)6-7-3-2-4-8(10)5-7/h2-5,9,11H,6H2,1H3. The van der Waals surface area contributed by atoms with E-state index in [9.17, 15) is 0 Å². The molecule has 1 unspecified atom stereocenters. The fourth-order valence-electron chi connectivity index (χ4n) is 0.949. The highest BCUT2D eigenvalue weighted by molar-refractivity contribution is 6.30. The maximum absolute atomic E-state index is 9.14. The summed E-state index contributed by atoms with van der Waals surface area (Å²) in [7, 11) is 1.47. The molecule has 0 radical (unpaired) electrons. The second kappa shape index (κ2) is 4.45. The highest BCUT2D eigenvalue weighted by Gasteiger charge is 2.02. The summed E-state index contributed by atoms with van der Waals surface area (Å²) in [5.74, 6) is 0. The maximum atomic E-state index is 9.14. The zero-order chi connectivity index (χ0) is 8.97. The summed E-state index contributed by atoms with van der Waals surface area (Å²) in [5.41, 5.74) is 0.969. The van der Waals surface area contributed by atoms with Gasteiger partial charge in [0.05, 0.1) is 0 Å². The van der Waals surface area contributed by atoms with Crippen LogP contribution in [0.3, 0.4) is 0 Å². The van der Waals surface area contributed by atoms with E-state index in [1.54, 1.807) is 6.07 Å². The number of hydrogen-bond acceptors (Lipinski definition) is 2. The molecule has 0 saturated heterocycles. The first-order chi connectivity index (χ1) is 5.72. The van der Waals surface area contributed by atoms with Gasteiger partial charge >= 0.3 is 0 Å². The highest BCUT2D eigenvalue weighted by atomic mass is 35.5. The molecule has 66 valence electrons. The number of aliphatic hydroxyl groups excluding tert-OH is 1. The smallest absolute Gasteiger partial charge is 0.158 e. The monoisotopic (exact) mass is 186 g/mol. The molecular formula is C9H11ClO2. The molecule has 1 rings (SSSR count). The van der Waals surface area contributed by atoms with Crippen molar-refractivity contribution in [1.29, 1.82) is 0 Å². The van der Waals surface area contributed by atoms with Crippen molar-refractivity contribution in [3.63, 3.8) is 0 Å². The molecule has 0 aliphatic rings. The Bertz CT molecular complexity index is 250. The van der Waals surface area contributed by atoms with E-state index in [4.69, 9.17) is 21.4 Å². The van der Waals surface area contributed by atoms with Gasteiger partial charge in [-0.25, -0.2) is 0 Å². The summed E-state index contributed by atoms with van der Waals surface area (Å²) in [6.45, 7) is 0. The number of benzene rings is 1. The van der Waals surface area contributed by atoms with Crippen molar-refractivity contribution in [2.24, 2.45) is 0 Å². The summed E-state index contributed by atoms with van der Waals surface area (Å²) < 4.78 is 4.71. The van der Waals surface area contributed by atoms with Crippen LogP contribution in [0.25, 0.3) is 0 Å². The van der Waals surface area contributed by atoms with Gasteiger partial charge in [0.15, 0.2) is 6.29 Å². The van der Waals surface area contributed by atoms with Crippen molar-refractivity contribution >= 4 is 11.6 Å². The van der Waals surface area contributed by atoms with Gasteiger partial charge in [0, 0.05) is 18.6 Å². The minimum atomic E-state index is -0.747. The van der Waals surface area contributed by atoms with E-state index in [-0.39, 0.29) is 0 Å². The molecule has 0 amide bonds. The number of ether oxygens (including phenoxy) is 1. The Labute approximate surface area is 76.7 Å². The minimum absolute atomic E-state index is 0.469. The first-order valence-electron chi connectivity index (χ1n) is 3.67. The van der Waals surface area contributed by atoms with Crippen molar-refractivity contribution in [2.75, 3.05) is 7.11 Å². The van der Waals surface area contributed by atoms with Crippen LogP contribution in [-0.2, 0) is 11.2 Å². The van der Waals surface area contributed by atoms with Crippen molar-refractivity contribution < 1.29 is 9.84 Å². The predicted octanol–water partition coefficient (Wildman–Crippen LogP) is 1.85. The van der Waals surface area contributed by atoms with E-state index in [2.05, 4.69) is 0 Å². The Morgan fingerprint density at radius 2 is 2.33 bits per heavy atom. The van der Waals surface area contributed by atoms with Gasteiger partial charge in [-0.1, -0.05) is 23.7 Å². The molecule has 1 N–H and O–H groups in total. The third-order valence-electron chi connectivity index (χ3n) is 1.57. The normalized spacial score (nSPS) is 12.9. The van der Waals surface area contributed by atoms with Gasteiger partial charge in [0.25, 0.3) is 0 Å². The second-order valence-electron chi connectivity index (χ2n) is 2.52. The number of rotatable bonds is 3. The average molecular weight is 187 g/mol. The Morgan fingerprint density at radius 3 is 2.92 bits per heavy atom. The molecule has 12 heavy (non-hydrogen) atoms. The first kappa shape index (κ1) is 9.52. The summed E-state index contributed by atoms with van der Waals surface area (Å²) >= 11 is 5.75. The molecule has 0 bridgehead atoms. The van der Waals surface area contributed by atoms with Gasteiger partial charge < -0.3 is 9.84 Å². The zero-order valence-electron chi connectivity index (χ0n) is 6.83. The number of halogens is 1. The van der Waals surface area contributed by atoms with E-state index in [0.29, 0.717) is 11.4 Å². The lowest BCUT2D eigenvalue weighted by Gasteiger charge is -2.07. The lowest BCUT2D eigenvalue weighted by molar-refractivity contribution is -0.0720. The quantitative estimate of drug-likeness (QED) is 0.731. The van der Waals surface area contributed by atoms with Crippen LogP contribution in [0.1, 0.15) is 5.56 Å². The third-order valence-corrected chi connectivity index (χ3v) is 1.81. The van der Waals surface area contributed by atoms with Crippen LogP contribution < -0.4 is 0 Å². The van der Waals surface area contributed by atoms with Gasteiger partial charge in [-0.3, -0.25) is 0 Å². The van der Waals surface area contributed by atoms with E-state index >= 15 is 0 Å². The third kappa shape index (κ3) is 2.81. The Balaban J connectivity index is 2.63. The molecule has 3 heteroatoms.